The number of aldehydes is 1. The van der Waals surface area contributed by atoms with E-state index < -0.39 is 12.1 Å². The molecule has 0 amide bonds. The van der Waals surface area contributed by atoms with E-state index in [1.54, 1.807) is 25.5 Å². The molecule has 0 radical (unpaired) electrons. The van der Waals surface area contributed by atoms with E-state index in [2.05, 4.69) is 4.90 Å². The van der Waals surface area contributed by atoms with Gasteiger partial charge in [0.1, 0.15) is 11.8 Å². The number of hydrogen-bond donors (Lipinski definition) is 0. The quantitative estimate of drug-likeness (QED) is 0.369. The van der Waals surface area contributed by atoms with Gasteiger partial charge in [0.05, 0.1) is 42.9 Å². The van der Waals surface area contributed by atoms with E-state index in [0.717, 1.165) is 11.3 Å². The van der Waals surface area contributed by atoms with Crippen molar-refractivity contribution in [3.63, 3.8) is 0 Å². The van der Waals surface area contributed by atoms with Crippen LogP contribution >= 0.6 is 0 Å². The number of aromatic nitrogens is 1. The number of aryl methyl sites for hydroxylation is 1. The largest absolute Gasteiger partial charge is 0.484 e. The molecule has 1 unspecified atom stereocenters. The summed E-state index contributed by atoms with van der Waals surface area (Å²) >= 11 is 0. The molecule has 8 heteroatoms. The van der Waals surface area contributed by atoms with Gasteiger partial charge in [0, 0.05) is 19.0 Å². The zero-order chi connectivity index (χ0) is 24.2. The second-order valence-electron chi connectivity index (χ2n) is 8.08. The van der Waals surface area contributed by atoms with Crippen molar-refractivity contribution in [3.8, 4) is 5.75 Å². The highest BCUT2D eigenvalue weighted by molar-refractivity contribution is 6.11. The van der Waals surface area contributed by atoms with Crippen molar-refractivity contribution in [2.75, 3.05) is 24.7 Å². The van der Waals surface area contributed by atoms with E-state index in [-0.39, 0.29) is 30.3 Å². The minimum Gasteiger partial charge on any atom is -0.484 e. The Morgan fingerprint density at radius 2 is 1.82 bits per heavy atom. The summed E-state index contributed by atoms with van der Waals surface area (Å²) in [6.45, 7) is 5.07. The lowest BCUT2D eigenvalue weighted by Crippen LogP contribution is -2.41. The second-order valence-corrected chi connectivity index (χ2v) is 8.08. The molecule has 3 aromatic rings. The topological polar surface area (TPSA) is 87.1 Å². The first-order valence-corrected chi connectivity index (χ1v) is 11.4. The molecule has 0 spiro atoms. The monoisotopic (exact) mass is 464 g/mol. The summed E-state index contributed by atoms with van der Waals surface area (Å²) in [4.78, 5) is 39.0. The lowest BCUT2D eigenvalue weighted by molar-refractivity contribution is -0.144. The first kappa shape index (κ1) is 23.4. The number of fused-ring (bicyclic) bond motifs is 3. The molecule has 178 valence electrons. The van der Waals surface area contributed by atoms with Gasteiger partial charge in [0.2, 0.25) is 0 Å². The van der Waals surface area contributed by atoms with Gasteiger partial charge in [0.25, 0.3) is 0 Å². The summed E-state index contributed by atoms with van der Waals surface area (Å²) in [5.41, 5.74) is 2.97. The van der Waals surface area contributed by atoms with Crippen LogP contribution in [0, 0.1) is 0 Å². The number of carbonyl (C=O) groups excluding carboxylic acids is 3. The summed E-state index contributed by atoms with van der Waals surface area (Å²) in [5.74, 6) is -0.386. The van der Waals surface area contributed by atoms with Gasteiger partial charge in [-0.2, -0.15) is 0 Å². The molecule has 2 aromatic carbocycles. The van der Waals surface area contributed by atoms with Crippen molar-refractivity contribution < 1.29 is 28.6 Å². The zero-order valence-electron chi connectivity index (χ0n) is 19.6. The predicted octanol–water partition coefficient (Wildman–Crippen LogP) is 3.89. The first-order chi connectivity index (χ1) is 16.5. The normalized spacial score (nSPS) is 14.9. The Bertz CT molecular complexity index is 1220. The summed E-state index contributed by atoms with van der Waals surface area (Å²) in [6, 6.07) is 13.7. The third-order valence-electron chi connectivity index (χ3n) is 5.88. The molecule has 0 fully saturated rings. The summed E-state index contributed by atoms with van der Waals surface area (Å²) in [7, 11) is 1.71. The highest BCUT2D eigenvalue weighted by atomic mass is 16.5. The fraction of sp³-hybridized carbons (Fsp3) is 0.346. The molecule has 1 atom stereocenters. The van der Waals surface area contributed by atoms with Crippen molar-refractivity contribution in [1.29, 1.82) is 0 Å². The van der Waals surface area contributed by atoms with Crippen molar-refractivity contribution in [1.82, 2.24) is 4.57 Å². The van der Waals surface area contributed by atoms with Crippen molar-refractivity contribution in [2.45, 2.75) is 32.9 Å². The van der Waals surface area contributed by atoms with Crippen LogP contribution in [0.3, 0.4) is 0 Å². The fourth-order valence-corrected chi connectivity index (χ4v) is 4.48. The molecule has 2 heterocycles. The van der Waals surface area contributed by atoms with Gasteiger partial charge in [-0.3, -0.25) is 9.59 Å². The molecule has 0 N–H and O–H groups in total. The van der Waals surface area contributed by atoms with Gasteiger partial charge in [0.15, 0.2) is 12.0 Å². The van der Waals surface area contributed by atoms with Crippen LogP contribution in [0.15, 0.2) is 42.5 Å². The van der Waals surface area contributed by atoms with Gasteiger partial charge < -0.3 is 23.7 Å². The maximum atomic E-state index is 12.7. The first-order valence-electron chi connectivity index (χ1n) is 11.4. The number of nitrogens with zero attached hydrogens (tertiary/aromatic N) is 2. The van der Waals surface area contributed by atoms with E-state index in [0.29, 0.717) is 42.6 Å². The van der Waals surface area contributed by atoms with Crippen molar-refractivity contribution in [3.05, 3.63) is 59.3 Å². The number of anilines is 1. The Kier molecular flexibility index (Phi) is 6.86. The number of carbonyl (C=O) groups is 3. The molecular formula is C26H28N2O6. The van der Waals surface area contributed by atoms with Crippen LogP contribution in [0.1, 0.15) is 46.7 Å². The summed E-state index contributed by atoms with van der Waals surface area (Å²) in [6.07, 6.45) is 0.299. The number of hydrogen-bond acceptors (Lipinski definition) is 7. The van der Waals surface area contributed by atoms with Gasteiger partial charge in [-0.1, -0.05) is 30.3 Å². The average molecular weight is 465 g/mol. The van der Waals surface area contributed by atoms with E-state index in [1.807, 2.05) is 42.5 Å². The lowest BCUT2D eigenvalue weighted by Gasteiger charge is -2.36. The molecular weight excluding hydrogens is 436 g/mol. The van der Waals surface area contributed by atoms with E-state index in [1.165, 1.54) is 0 Å². The number of rotatable bonds is 8. The summed E-state index contributed by atoms with van der Waals surface area (Å²) < 4.78 is 18.3. The van der Waals surface area contributed by atoms with Crippen LogP contribution in [0.4, 0.5) is 5.69 Å². The Balaban J connectivity index is 1.84. The number of benzene rings is 2. The molecule has 8 nitrogen and oxygen atoms in total. The van der Waals surface area contributed by atoms with Crippen LogP contribution < -0.4 is 9.64 Å². The minimum absolute atomic E-state index is 0.0879. The fourth-order valence-electron chi connectivity index (χ4n) is 4.48. The van der Waals surface area contributed by atoms with Gasteiger partial charge >= 0.3 is 11.9 Å². The SMILES string of the molecule is CCOC(=O)CC1CN(Cc2ccccc2)c2ccc3c(C=O)c(C(=O)OCC)n(C)c3c2O1. The number of esters is 2. The second kappa shape index (κ2) is 9.99. The Morgan fingerprint density at radius 1 is 1.09 bits per heavy atom. The van der Waals surface area contributed by atoms with Crippen LogP contribution in [0.2, 0.25) is 0 Å². The molecule has 0 bridgehead atoms. The van der Waals surface area contributed by atoms with Crippen LogP contribution in [-0.4, -0.2) is 48.7 Å². The van der Waals surface area contributed by atoms with Crippen LogP contribution in [0.25, 0.3) is 10.9 Å². The molecule has 1 aliphatic rings. The predicted molar refractivity (Wildman–Crippen MR) is 127 cm³/mol. The van der Waals surface area contributed by atoms with E-state index >= 15 is 0 Å². The van der Waals surface area contributed by atoms with E-state index in [9.17, 15) is 14.4 Å². The lowest BCUT2D eigenvalue weighted by atomic mass is 10.1. The Labute approximate surface area is 198 Å². The molecule has 0 aliphatic carbocycles. The highest BCUT2D eigenvalue weighted by Crippen LogP contribution is 2.43. The molecule has 1 aromatic heterocycles. The molecule has 1 aliphatic heterocycles. The van der Waals surface area contributed by atoms with Gasteiger partial charge in [-0.25, -0.2) is 4.79 Å². The third-order valence-corrected chi connectivity index (χ3v) is 5.88. The van der Waals surface area contributed by atoms with Crippen LogP contribution in [-0.2, 0) is 27.9 Å². The van der Waals surface area contributed by atoms with Crippen molar-refractivity contribution in [2.24, 2.45) is 7.05 Å². The average Bonchev–Trinajstić information content (AvgIpc) is 3.12. The van der Waals surface area contributed by atoms with Crippen molar-refractivity contribution >= 4 is 34.8 Å². The summed E-state index contributed by atoms with van der Waals surface area (Å²) in [5, 5.41) is 0.593. The minimum atomic E-state index is -0.572. The molecule has 0 saturated heterocycles. The highest BCUT2D eigenvalue weighted by Gasteiger charge is 2.33. The maximum Gasteiger partial charge on any atom is 0.355 e. The van der Waals surface area contributed by atoms with Crippen LogP contribution in [0.5, 0.6) is 5.75 Å². The zero-order valence-corrected chi connectivity index (χ0v) is 19.6. The third kappa shape index (κ3) is 4.35. The molecule has 4 rings (SSSR count). The van der Waals surface area contributed by atoms with Gasteiger partial charge in [-0.05, 0) is 31.5 Å². The van der Waals surface area contributed by atoms with E-state index in [4.69, 9.17) is 14.2 Å². The molecule has 34 heavy (non-hydrogen) atoms. The Hall–Kier alpha value is -3.81. The number of ether oxygens (including phenoxy) is 3. The smallest absolute Gasteiger partial charge is 0.355 e. The Morgan fingerprint density at radius 3 is 2.50 bits per heavy atom. The molecule has 0 saturated carbocycles. The van der Waals surface area contributed by atoms with Gasteiger partial charge in [-0.15, -0.1) is 0 Å². The maximum absolute atomic E-state index is 12.7. The standard InChI is InChI=1S/C26H28N2O6/c1-4-32-22(30)13-18-15-28(14-17-9-7-6-8-10-17)21-12-11-19-20(16-29)24(26(31)33-5-2)27(3)23(19)25(21)34-18/h6-12,16,18H,4-5,13-15H2,1-3H3.